The van der Waals surface area contributed by atoms with E-state index in [0.717, 1.165) is 5.56 Å². The molecule has 0 radical (unpaired) electrons. The number of furan rings is 1. The number of amides is 1. The average Bonchev–Trinajstić information content (AvgIpc) is 3.30. The third-order valence-corrected chi connectivity index (χ3v) is 6.63. The standard InChI is InChI=1S/C22H22N2O5S/c25-22(20-11-12-21(29-20)30(26,27)23-13-15-28-16-14-23)24(19-9-5-2-6-10-19)17-18-7-3-1-4-8-18/h1-12H,13-17H2. The second-order valence-electron chi connectivity index (χ2n) is 6.85. The minimum absolute atomic E-state index is 0.0263. The summed E-state index contributed by atoms with van der Waals surface area (Å²) < 4.78 is 37.7. The van der Waals surface area contributed by atoms with Crippen molar-refractivity contribution in [3.05, 3.63) is 84.1 Å². The number of anilines is 1. The molecule has 2 aromatic carbocycles. The summed E-state index contributed by atoms with van der Waals surface area (Å²) in [5, 5.41) is -0.236. The zero-order valence-corrected chi connectivity index (χ0v) is 17.1. The fraction of sp³-hybridized carbons (Fsp3) is 0.227. The summed E-state index contributed by atoms with van der Waals surface area (Å²) in [7, 11) is -3.81. The van der Waals surface area contributed by atoms with Gasteiger partial charge in [0.05, 0.1) is 19.8 Å². The first-order chi connectivity index (χ1) is 14.6. The molecule has 1 fully saturated rings. The highest BCUT2D eigenvalue weighted by Crippen LogP contribution is 2.24. The Bertz CT molecular complexity index is 1090. The second-order valence-corrected chi connectivity index (χ2v) is 8.72. The Morgan fingerprint density at radius 3 is 2.20 bits per heavy atom. The molecule has 3 aromatic rings. The van der Waals surface area contributed by atoms with Crippen LogP contribution in [0.2, 0.25) is 0 Å². The number of hydrogen-bond donors (Lipinski definition) is 0. The van der Waals surface area contributed by atoms with Crippen LogP contribution in [0, 0.1) is 0 Å². The number of benzene rings is 2. The summed E-state index contributed by atoms with van der Waals surface area (Å²) >= 11 is 0. The normalized spacial score (nSPS) is 15.1. The van der Waals surface area contributed by atoms with Crippen molar-refractivity contribution in [2.24, 2.45) is 0 Å². The summed E-state index contributed by atoms with van der Waals surface area (Å²) in [6.45, 7) is 1.53. The lowest BCUT2D eigenvalue weighted by Crippen LogP contribution is -2.40. The molecule has 1 amide bonds. The Kier molecular flexibility index (Phi) is 5.98. The van der Waals surface area contributed by atoms with Gasteiger partial charge in [-0.25, -0.2) is 8.42 Å². The van der Waals surface area contributed by atoms with Crippen LogP contribution in [0.4, 0.5) is 5.69 Å². The Morgan fingerprint density at radius 2 is 1.53 bits per heavy atom. The molecule has 4 rings (SSSR count). The molecule has 1 aromatic heterocycles. The van der Waals surface area contributed by atoms with Gasteiger partial charge in [-0.05, 0) is 29.8 Å². The highest BCUT2D eigenvalue weighted by Gasteiger charge is 2.31. The van der Waals surface area contributed by atoms with Gasteiger partial charge in [0.2, 0.25) is 5.09 Å². The third-order valence-electron chi connectivity index (χ3n) is 4.85. The second kappa shape index (κ2) is 8.83. The number of carbonyl (C=O) groups is 1. The first-order valence-electron chi connectivity index (χ1n) is 9.64. The molecular formula is C22H22N2O5S. The summed E-state index contributed by atoms with van der Waals surface area (Å²) in [5.74, 6) is -0.435. The van der Waals surface area contributed by atoms with Gasteiger partial charge in [-0.2, -0.15) is 4.31 Å². The molecule has 0 spiro atoms. The lowest BCUT2D eigenvalue weighted by Gasteiger charge is -2.25. The Morgan fingerprint density at radius 1 is 0.900 bits per heavy atom. The van der Waals surface area contributed by atoms with E-state index >= 15 is 0 Å². The van der Waals surface area contributed by atoms with Crippen LogP contribution in [0.15, 0.2) is 82.3 Å². The number of para-hydroxylation sites is 1. The van der Waals surface area contributed by atoms with Crippen molar-refractivity contribution in [3.63, 3.8) is 0 Å². The van der Waals surface area contributed by atoms with Gasteiger partial charge in [0.15, 0.2) is 5.76 Å². The van der Waals surface area contributed by atoms with Gasteiger partial charge in [0.25, 0.3) is 15.9 Å². The van der Waals surface area contributed by atoms with E-state index in [1.54, 1.807) is 4.90 Å². The van der Waals surface area contributed by atoms with Gasteiger partial charge in [-0.15, -0.1) is 0 Å². The Balaban J connectivity index is 1.62. The van der Waals surface area contributed by atoms with Crippen LogP contribution in [0.3, 0.4) is 0 Å². The van der Waals surface area contributed by atoms with Gasteiger partial charge in [-0.3, -0.25) is 4.79 Å². The van der Waals surface area contributed by atoms with E-state index in [2.05, 4.69) is 0 Å². The molecule has 7 nitrogen and oxygen atoms in total. The number of sulfonamides is 1. The maximum absolute atomic E-state index is 13.3. The van der Waals surface area contributed by atoms with Crippen molar-refractivity contribution in [2.45, 2.75) is 11.6 Å². The molecule has 1 aliphatic rings. The quantitative estimate of drug-likeness (QED) is 0.605. The molecule has 0 N–H and O–H groups in total. The monoisotopic (exact) mass is 426 g/mol. The van der Waals surface area contributed by atoms with E-state index in [9.17, 15) is 13.2 Å². The van der Waals surface area contributed by atoms with Crippen LogP contribution in [0.1, 0.15) is 16.1 Å². The smallest absolute Gasteiger partial charge is 0.294 e. The van der Waals surface area contributed by atoms with Crippen LogP contribution >= 0.6 is 0 Å². The van der Waals surface area contributed by atoms with E-state index in [1.807, 2.05) is 60.7 Å². The van der Waals surface area contributed by atoms with Crippen molar-refractivity contribution in [1.29, 1.82) is 0 Å². The molecule has 0 aliphatic carbocycles. The number of nitrogens with zero attached hydrogens (tertiary/aromatic N) is 2. The largest absolute Gasteiger partial charge is 0.438 e. The average molecular weight is 426 g/mol. The van der Waals surface area contributed by atoms with E-state index in [4.69, 9.17) is 9.15 Å². The van der Waals surface area contributed by atoms with Gasteiger partial charge >= 0.3 is 0 Å². The molecule has 0 unspecified atom stereocenters. The van der Waals surface area contributed by atoms with Gasteiger partial charge < -0.3 is 14.1 Å². The molecular weight excluding hydrogens is 404 g/mol. The molecule has 30 heavy (non-hydrogen) atoms. The Hall–Kier alpha value is -2.94. The van der Waals surface area contributed by atoms with Crippen molar-refractivity contribution in [2.75, 3.05) is 31.2 Å². The van der Waals surface area contributed by atoms with Gasteiger partial charge in [0.1, 0.15) is 0 Å². The van der Waals surface area contributed by atoms with Crippen LogP contribution in [-0.2, 0) is 21.3 Å². The van der Waals surface area contributed by atoms with E-state index < -0.39 is 15.9 Å². The SMILES string of the molecule is O=C(c1ccc(S(=O)(=O)N2CCOCC2)o1)N(Cc1ccccc1)c1ccccc1. The number of hydrogen-bond acceptors (Lipinski definition) is 5. The maximum Gasteiger partial charge on any atom is 0.294 e. The van der Waals surface area contributed by atoms with Crippen molar-refractivity contribution >= 4 is 21.6 Å². The third kappa shape index (κ3) is 4.30. The van der Waals surface area contributed by atoms with Crippen LogP contribution in [0.25, 0.3) is 0 Å². The predicted molar refractivity (Wildman–Crippen MR) is 112 cm³/mol. The predicted octanol–water partition coefficient (Wildman–Crippen LogP) is 3.15. The minimum atomic E-state index is -3.81. The summed E-state index contributed by atoms with van der Waals surface area (Å²) in [4.78, 5) is 14.8. The molecule has 8 heteroatoms. The zero-order valence-electron chi connectivity index (χ0n) is 16.3. The van der Waals surface area contributed by atoms with E-state index in [-0.39, 0.29) is 23.9 Å². The summed E-state index contributed by atoms with van der Waals surface area (Å²) in [5.41, 5.74) is 1.64. The highest BCUT2D eigenvalue weighted by atomic mass is 32.2. The molecule has 0 bridgehead atoms. The number of rotatable bonds is 6. The van der Waals surface area contributed by atoms with Gasteiger partial charge in [0, 0.05) is 18.8 Å². The molecule has 2 heterocycles. The number of ether oxygens (including phenoxy) is 1. The van der Waals surface area contributed by atoms with Crippen molar-refractivity contribution in [3.8, 4) is 0 Å². The van der Waals surface area contributed by atoms with Gasteiger partial charge in [-0.1, -0.05) is 48.5 Å². The van der Waals surface area contributed by atoms with E-state index in [0.29, 0.717) is 25.4 Å². The lowest BCUT2D eigenvalue weighted by atomic mass is 10.2. The highest BCUT2D eigenvalue weighted by molar-refractivity contribution is 7.89. The van der Waals surface area contributed by atoms with Crippen molar-refractivity contribution < 1.29 is 22.4 Å². The lowest BCUT2D eigenvalue weighted by molar-refractivity contribution is 0.0723. The first kappa shape index (κ1) is 20.3. The topological polar surface area (TPSA) is 80.1 Å². The minimum Gasteiger partial charge on any atom is -0.438 e. The zero-order chi connectivity index (χ0) is 21.0. The molecule has 1 aliphatic heterocycles. The van der Waals surface area contributed by atoms with Crippen LogP contribution in [-0.4, -0.2) is 44.9 Å². The number of morpholine rings is 1. The van der Waals surface area contributed by atoms with Crippen LogP contribution < -0.4 is 4.90 Å². The fourth-order valence-electron chi connectivity index (χ4n) is 3.28. The molecule has 0 saturated carbocycles. The van der Waals surface area contributed by atoms with E-state index in [1.165, 1.54) is 16.4 Å². The molecule has 156 valence electrons. The fourth-order valence-corrected chi connectivity index (χ4v) is 4.59. The molecule has 1 saturated heterocycles. The summed E-state index contributed by atoms with van der Waals surface area (Å²) in [6.07, 6.45) is 0. The molecule has 0 atom stereocenters. The maximum atomic E-state index is 13.3. The van der Waals surface area contributed by atoms with Crippen molar-refractivity contribution in [1.82, 2.24) is 4.31 Å². The first-order valence-corrected chi connectivity index (χ1v) is 11.1. The number of carbonyl (C=O) groups excluding carboxylic acids is 1. The summed E-state index contributed by atoms with van der Waals surface area (Å²) in [6, 6.07) is 21.5. The van der Waals surface area contributed by atoms with Crippen LogP contribution in [0.5, 0.6) is 0 Å². The Labute approximate surface area is 175 Å².